The van der Waals surface area contributed by atoms with Crippen LogP contribution in [0.4, 0.5) is 11.4 Å². The summed E-state index contributed by atoms with van der Waals surface area (Å²) in [7, 11) is 1.56. The first-order chi connectivity index (χ1) is 18.4. The number of anilines is 2. The summed E-state index contributed by atoms with van der Waals surface area (Å²) in [4.78, 5) is 30.9. The van der Waals surface area contributed by atoms with Gasteiger partial charge in [-0.05, 0) is 80.1 Å². The Morgan fingerprint density at radius 2 is 1.71 bits per heavy atom. The van der Waals surface area contributed by atoms with Crippen molar-refractivity contribution in [3.8, 4) is 5.75 Å². The molecule has 0 bridgehead atoms. The number of ether oxygens (including phenoxy) is 1. The van der Waals surface area contributed by atoms with Crippen molar-refractivity contribution in [2.75, 3.05) is 30.0 Å². The van der Waals surface area contributed by atoms with Crippen molar-refractivity contribution in [3.63, 3.8) is 0 Å². The third-order valence-corrected chi connectivity index (χ3v) is 7.08. The Labute approximate surface area is 225 Å². The Bertz CT molecular complexity index is 1540. The number of furan rings is 1. The lowest BCUT2D eigenvalue weighted by atomic mass is 9.94. The van der Waals surface area contributed by atoms with Crippen molar-refractivity contribution in [2.24, 2.45) is 0 Å². The minimum absolute atomic E-state index is 0.00820. The van der Waals surface area contributed by atoms with Gasteiger partial charge in [-0.25, -0.2) is 0 Å². The van der Waals surface area contributed by atoms with Crippen molar-refractivity contribution in [1.82, 2.24) is 0 Å². The molecule has 38 heavy (non-hydrogen) atoms. The van der Waals surface area contributed by atoms with E-state index in [9.17, 15) is 14.7 Å². The van der Waals surface area contributed by atoms with Crippen LogP contribution >= 0.6 is 11.6 Å². The second-order valence-corrected chi connectivity index (χ2v) is 9.36. The van der Waals surface area contributed by atoms with Crippen LogP contribution in [0.3, 0.4) is 0 Å². The maximum absolute atomic E-state index is 13.8. The molecule has 1 aromatic heterocycles. The normalized spacial score (nSPS) is 15.4. The summed E-state index contributed by atoms with van der Waals surface area (Å²) in [5, 5.41) is 12.2. The summed E-state index contributed by atoms with van der Waals surface area (Å²) >= 11 is 6.10. The number of halogens is 1. The minimum Gasteiger partial charge on any atom is -0.503 e. The molecule has 7 nitrogen and oxygen atoms in total. The second-order valence-electron chi connectivity index (χ2n) is 8.92. The summed E-state index contributed by atoms with van der Waals surface area (Å²) in [6.07, 6.45) is 0. The predicted molar refractivity (Wildman–Crippen MR) is 148 cm³/mol. The fraction of sp³-hybridized carbons (Fsp3) is 0.200. The van der Waals surface area contributed by atoms with Gasteiger partial charge in [0.15, 0.2) is 11.5 Å². The number of benzene rings is 3. The zero-order valence-corrected chi connectivity index (χ0v) is 22.0. The molecular weight excluding hydrogens is 504 g/mol. The van der Waals surface area contributed by atoms with E-state index in [-0.39, 0.29) is 11.3 Å². The van der Waals surface area contributed by atoms with Crippen molar-refractivity contribution in [1.29, 1.82) is 0 Å². The molecule has 1 aliphatic heterocycles. The summed E-state index contributed by atoms with van der Waals surface area (Å²) < 4.78 is 11.1. The molecule has 1 amide bonds. The number of fused-ring (bicyclic) bond motifs is 1. The smallest absolute Gasteiger partial charge is 0.294 e. The van der Waals surface area contributed by atoms with E-state index in [1.807, 2.05) is 24.3 Å². The summed E-state index contributed by atoms with van der Waals surface area (Å²) in [5.41, 5.74) is 2.63. The van der Waals surface area contributed by atoms with Crippen LogP contribution in [-0.4, -0.2) is 37.0 Å². The van der Waals surface area contributed by atoms with E-state index in [2.05, 4.69) is 18.7 Å². The third kappa shape index (κ3) is 4.39. The number of carbonyl (C=O) groups is 2. The first kappa shape index (κ1) is 25.4. The number of rotatable bonds is 8. The Hall–Kier alpha value is -4.23. The largest absolute Gasteiger partial charge is 0.503 e. The topological polar surface area (TPSA) is 83.2 Å². The molecule has 1 N–H and O–H groups in total. The molecule has 1 aliphatic rings. The second kappa shape index (κ2) is 10.3. The maximum Gasteiger partial charge on any atom is 0.294 e. The van der Waals surface area contributed by atoms with E-state index >= 15 is 0 Å². The van der Waals surface area contributed by atoms with Crippen LogP contribution in [0.2, 0.25) is 5.02 Å². The molecule has 2 heterocycles. The first-order valence-corrected chi connectivity index (χ1v) is 12.7. The molecule has 1 atom stereocenters. The van der Waals surface area contributed by atoms with E-state index in [0.29, 0.717) is 33.0 Å². The molecule has 0 spiro atoms. The Balaban J connectivity index is 1.60. The molecule has 8 heteroatoms. The fourth-order valence-electron chi connectivity index (χ4n) is 4.88. The molecule has 0 aliphatic carbocycles. The fourth-order valence-corrected chi connectivity index (χ4v) is 5.06. The summed E-state index contributed by atoms with van der Waals surface area (Å²) in [5.74, 6) is -1.21. The van der Waals surface area contributed by atoms with E-state index in [1.165, 1.54) is 4.90 Å². The lowest BCUT2D eigenvalue weighted by Gasteiger charge is -2.28. The average Bonchev–Trinajstić information content (AvgIpc) is 3.47. The van der Waals surface area contributed by atoms with E-state index in [4.69, 9.17) is 20.8 Å². The SMILES string of the molecule is CCN(CC)c1ccc(N2C(=O)C(O)=C(C(=O)c3cc4cc(Cl)ccc4o3)C2c2ccc(OC)cc2)cc1. The van der Waals surface area contributed by atoms with E-state index < -0.39 is 23.5 Å². The molecule has 3 aromatic carbocycles. The Morgan fingerprint density at radius 1 is 1.03 bits per heavy atom. The molecule has 1 unspecified atom stereocenters. The number of nitrogens with zero attached hydrogens (tertiary/aromatic N) is 2. The van der Waals surface area contributed by atoms with Gasteiger partial charge in [-0.15, -0.1) is 0 Å². The summed E-state index contributed by atoms with van der Waals surface area (Å²) in [6.45, 7) is 5.84. The van der Waals surface area contributed by atoms with Gasteiger partial charge >= 0.3 is 0 Å². The quantitative estimate of drug-likeness (QED) is 0.254. The van der Waals surface area contributed by atoms with Crippen LogP contribution < -0.4 is 14.5 Å². The van der Waals surface area contributed by atoms with Crippen molar-refractivity contribution >= 4 is 45.6 Å². The molecule has 0 fully saturated rings. The number of Topliss-reactive ketones (excluding diaryl/α,β-unsaturated/α-hetero) is 1. The van der Waals surface area contributed by atoms with Crippen molar-refractivity contribution in [2.45, 2.75) is 19.9 Å². The molecule has 0 radical (unpaired) electrons. The zero-order chi connectivity index (χ0) is 27.0. The lowest BCUT2D eigenvalue weighted by molar-refractivity contribution is -0.117. The highest BCUT2D eigenvalue weighted by atomic mass is 35.5. The van der Waals surface area contributed by atoms with Crippen LogP contribution in [-0.2, 0) is 4.79 Å². The third-order valence-electron chi connectivity index (χ3n) is 6.84. The molecule has 4 aromatic rings. The van der Waals surface area contributed by atoms with Crippen LogP contribution in [0, 0.1) is 0 Å². The molecule has 5 rings (SSSR count). The first-order valence-electron chi connectivity index (χ1n) is 12.4. The van der Waals surface area contributed by atoms with Gasteiger partial charge in [0.25, 0.3) is 5.91 Å². The average molecular weight is 531 g/mol. The molecule has 0 saturated carbocycles. The highest BCUT2D eigenvalue weighted by Gasteiger charge is 2.45. The van der Waals surface area contributed by atoms with Gasteiger partial charge in [0.1, 0.15) is 11.3 Å². The minimum atomic E-state index is -0.878. The number of hydrogen-bond acceptors (Lipinski definition) is 6. The van der Waals surface area contributed by atoms with Crippen LogP contribution in [0.15, 0.2) is 88.5 Å². The predicted octanol–water partition coefficient (Wildman–Crippen LogP) is 6.72. The number of hydrogen-bond donors (Lipinski definition) is 1. The highest BCUT2D eigenvalue weighted by molar-refractivity contribution is 6.31. The maximum atomic E-state index is 13.8. The standard InChI is InChI=1S/C30H27ClN2O5/c1-4-32(5-2)21-9-11-22(12-10-21)33-27(18-6-13-23(37-3)14-7-18)26(29(35)30(33)36)28(34)25-17-19-16-20(31)8-15-24(19)38-25/h6-17,27,35H,4-5H2,1-3H3. The number of ketones is 1. The lowest BCUT2D eigenvalue weighted by Crippen LogP contribution is -2.31. The van der Waals surface area contributed by atoms with Gasteiger partial charge in [0, 0.05) is 34.9 Å². The number of amides is 1. The Kier molecular flexibility index (Phi) is 6.87. The monoisotopic (exact) mass is 530 g/mol. The van der Waals surface area contributed by atoms with E-state index in [1.54, 1.807) is 55.6 Å². The highest BCUT2D eigenvalue weighted by Crippen LogP contribution is 2.43. The van der Waals surface area contributed by atoms with Crippen molar-refractivity contribution < 1.29 is 23.8 Å². The molecule has 0 saturated heterocycles. The van der Waals surface area contributed by atoms with Gasteiger partial charge < -0.3 is 19.2 Å². The number of carbonyl (C=O) groups excluding carboxylic acids is 2. The van der Waals surface area contributed by atoms with Crippen LogP contribution in [0.25, 0.3) is 11.0 Å². The van der Waals surface area contributed by atoms with Gasteiger partial charge in [-0.3, -0.25) is 14.5 Å². The van der Waals surface area contributed by atoms with Gasteiger partial charge in [0.05, 0.1) is 18.7 Å². The van der Waals surface area contributed by atoms with Gasteiger partial charge in [0.2, 0.25) is 5.78 Å². The van der Waals surface area contributed by atoms with Crippen LogP contribution in [0.1, 0.15) is 36.0 Å². The van der Waals surface area contributed by atoms with Gasteiger partial charge in [-0.1, -0.05) is 23.7 Å². The number of methoxy groups -OCH3 is 1. The Morgan fingerprint density at radius 3 is 2.34 bits per heavy atom. The zero-order valence-electron chi connectivity index (χ0n) is 21.3. The number of aliphatic hydroxyl groups excluding tert-OH is 1. The van der Waals surface area contributed by atoms with Crippen LogP contribution in [0.5, 0.6) is 5.75 Å². The molecular formula is C30H27ClN2O5. The van der Waals surface area contributed by atoms with Gasteiger partial charge in [-0.2, -0.15) is 0 Å². The van der Waals surface area contributed by atoms with E-state index in [0.717, 1.165) is 18.8 Å². The van der Waals surface area contributed by atoms with Crippen molar-refractivity contribution in [3.05, 3.63) is 100 Å². The number of aliphatic hydroxyl groups is 1. The summed E-state index contributed by atoms with van der Waals surface area (Å²) in [6, 6.07) is 20.3. The molecule has 194 valence electrons.